The third-order valence-electron chi connectivity index (χ3n) is 3.62. The number of fused-ring (bicyclic) bond motifs is 1. The smallest absolute Gasteiger partial charge is 0.324 e. The highest BCUT2D eigenvalue weighted by molar-refractivity contribution is 9.10. The summed E-state index contributed by atoms with van der Waals surface area (Å²) in [6, 6.07) is 3.95. The van der Waals surface area contributed by atoms with Crippen LogP contribution in [0.1, 0.15) is 38.8 Å². The van der Waals surface area contributed by atoms with E-state index in [1.807, 2.05) is 12.1 Å². The van der Waals surface area contributed by atoms with Crippen molar-refractivity contribution in [3.63, 3.8) is 0 Å². The summed E-state index contributed by atoms with van der Waals surface area (Å²) in [5.41, 5.74) is 9.37. The molecule has 0 amide bonds. The highest BCUT2D eigenvalue weighted by atomic mass is 79.9. The van der Waals surface area contributed by atoms with E-state index < -0.39 is 0 Å². The minimum Gasteiger partial charge on any atom is -0.324 e. The lowest BCUT2D eigenvalue weighted by Crippen LogP contribution is -2.19. The summed E-state index contributed by atoms with van der Waals surface area (Å²) in [6.45, 7) is 6.53. The molecular weight excluding hydrogens is 318 g/mol. The van der Waals surface area contributed by atoms with Crippen molar-refractivity contribution in [1.82, 2.24) is 9.13 Å². The van der Waals surface area contributed by atoms with Crippen LogP contribution in [-0.4, -0.2) is 9.13 Å². The van der Waals surface area contributed by atoms with Crippen molar-refractivity contribution in [3.05, 3.63) is 32.7 Å². The number of aryl methyl sites for hydroxylation is 2. The normalized spacial score (nSPS) is 13.9. The molecule has 1 aromatic carbocycles. The molecule has 2 rings (SSSR count). The Kier molecular flexibility index (Phi) is 3.86. The van der Waals surface area contributed by atoms with E-state index in [9.17, 15) is 4.79 Å². The van der Waals surface area contributed by atoms with Gasteiger partial charge in [0.05, 0.1) is 11.0 Å². The van der Waals surface area contributed by atoms with Crippen molar-refractivity contribution >= 4 is 27.0 Å². The lowest BCUT2D eigenvalue weighted by molar-refractivity contribution is 0.342. The molecule has 0 saturated carbocycles. The van der Waals surface area contributed by atoms with E-state index in [0.29, 0.717) is 0 Å². The maximum absolute atomic E-state index is 12.0. The molecule has 0 spiro atoms. The lowest BCUT2D eigenvalue weighted by Gasteiger charge is -2.24. The molecule has 4 nitrogen and oxygen atoms in total. The van der Waals surface area contributed by atoms with Gasteiger partial charge in [0.1, 0.15) is 0 Å². The number of rotatable bonds is 2. The molecule has 2 N–H and O–H groups in total. The first-order valence-electron chi connectivity index (χ1n) is 6.72. The number of benzene rings is 1. The molecule has 0 aliphatic carbocycles. The second-order valence-corrected chi connectivity index (χ2v) is 7.49. The predicted octanol–water partition coefficient (Wildman–Crippen LogP) is 3.08. The fourth-order valence-corrected chi connectivity index (χ4v) is 3.22. The number of hydrogen-bond donors (Lipinski definition) is 1. The molecule has 1 unspecified atom stereocenters. The van der Waals surface area contributed by atoms with Crippen LogP contribution < -0.4 is 11.4 Å². The molecule has 1 aromatic heterocycles. The number of hydrogen-bond acceptors (Lipinski definition) is 2. The fraction of sp³-hybridized carbons (Fsp3) is 0.533. The van der Waals surface area contributed by atoms with Crippen molar-refractivity contribution < 1.29 is 0 Å². The Balaban J connectivity index is 2.59. The van der Waals surface area contributed by atoms with Gasteiger partial charge in [0.2, 0.25) is 0 Å². The highest BCUT2D eigenvalue weighted by Gasteiger charge is 2.20. The van der Waals surface area contributed by atoms with Crippen LogP contribution in [0.15, 0.2) is 21.4 Å². The standard InChI is InChI=1S/C15H22BrN3O/c1-15(2,3)8-11(17)9-6-12-13(7-10(9)16)19(5)14(20)18(12)4/h6-7,11H,8,17H2,1-5H3. The Hall–Kier alpha value is -1.07. The van der Waals surface area contributed by atoms with Crippen molar-refractivity contribution in [1.29, 1.82) is 0 Å². The molecular formula is C15H22BrN3O. The van der Waals surface area contributed by atoms with Crippen LogP contribution in [0.4, 0.5) is 0 Å². The van der Waals surface area contributed by atoms with Crippen LogP contribution >= 0.6 is 15.9 Å². The second kappa shape index (κ2) is 5.04. The third kappa shape index (κ3) is 2.69. The minimum absolute atomic E-state index is 0.0200. The molecule has 0 bridgehead atoms. The third-order valence-corrected chi connectivity index (χ3v) is 4.31. The van der Waals surface area contributed by atoms with Gasteiger partial charge in [0.25, 0.3) is 0 Å². The summed E-state index contributed by atoms with van der Waals surface area (Å²) in [5, 5.41) is 0. The van der Waals surface area contributed by atoms with Crippen LogP contribution in [0.25, 0.3) is 11.0 Å². The maximum Gasteiger partial charge on any atom is 0.328 e. The molecule has 0 aliphatic rings. The first-order valence-corrected chi connectivity index (χ1v) is 7.51. The van der Waals surface area contributed by atoms with Crippen LogP contribution in [0.2, 0.25) is 0 Å². The van der Waals surface area contributed by atoms with Gasteiger partial charge in [-0.15, -0.1) is 0 Å². The first kappa shape index (κ1) is 15.3. The second-order valence-electron chi connectivity index (χ2n) is 6.63. The van der Waals surface area contributed by atoms with Gasteiger partial charge in [-0.3, -0.25) is 9.13 Å². The topological polar surface area (TPSA) is 53.0 Å². The van der Waals surface area contributed by atoms with Gasteiger partial charge in [-0.25, -0.2) is 4.79 Å². The van der Waals surface area contributed by atoms with E-state index >= 15 is 0 Å². The number of nitrogens with two attached hydrogens (primary N) is 1. The molecule has 0 saturated heterocycles. The summed E-state index contributed by atoms with van der Waals surface area (Å²) in [7, 11) is 3.57. The van der Waals surface area contributed by atoms with Gasteiger partial charge >= 0.3 is 5.69 Å². The van der Waals surface area contributed by atoms with Crippen molar-refractivity contribution in [3.8, 4) is 0 Å². The molecule has 0 aliphatic heterocycles. The molecule has 20 heavy (non-hydrogen) atoms. The Labute approximate surface area is 127 Å². The zero-order chi connectivity index (χ0) is 15.2. The van der Waals surface area contributed by atoms with Crippen molar-refractivity contribution in [2.45, 2.75) is 33.2 Å². The van der Waals surface area contributed by atoms with E-state index in [0.717, 1.165) is 27.5 Å². The van der Waals surface area contributed by atoms with Gasteiger partial charge < -0.3 is 5.73 Å². The van der Waals surface area contributed by atoms with E-state index in [4.69, 9.17) is 5.73 Å². The summed E-state index contributed by atoms with van der Waals surface area (Å²) in [4.78, 5) is 12.0. The average Bonchev–Trinajstić information content (AvgIpc) is 2.51. The van der Waals surface area contributed by atoms with Gasteiger partial charge in [-0.1, -0.05) is 36.7 Å². The fourth-order valence-electron chi connectivity index (χ4n) is 2.59. The van der Waals surface area contributed by atoms with Crippen LogP contribution in [0.3, 0.4) is 0 Å². The average molecular weight is 340 g/mol. The first-order chi connectivity index (χ1) is 9.11. The van der Waals surface area contributed by atoms with E-state index in [1.165, 1.54) is 0 Å². The summed E-state index contributed by atoms with van der Waals surface area (Å²) < 4.78 is 4.27. The quantitative estimate of drug-likeness (QED) is 0.913. The Morgan fingerprint density at radius 2 is 1.70 bits per heavy atom. The largest absolute Gasteiger partial charge is 0.328 e. The van der Waals surface area contributed by atoms with Gasteiger partial charge in [-0.2, -0.15) is 0 Å². The van der Waals surface area contributed by atoms with Crippen LogP contribution in [0.5, 0.6) is 0 Å². The highest BCUT2D eigenvalue weighted by Crippen LogP contribution is 2.33. The summed E-state index contributed by atoms with van der Waals surface area (Å²) in [5.74, 6) is 0. The number of halogens is 1. The zero-order valence-corrected chi connectivity index (χ0v) is 14.3. The minimum atomic E-state index is -0.0518. The number of imidazole rings is 1. The predicted molar refractivity (Wildman–Crippen MR) is 86.9 cm³/mol. The Bertz CT molecular complexity index is 706. The lowest BCUT2D eigenvalue weighted by atomic mass is 9.86. The monoisotopic (exact) mass is 339 g/mol. The van der Waals surface area contributed by atoms with Crippen molar-refractivity contribution in [2.24, 2.45) is 25.2 Å². The molecule has 5 heteroatoms. The SMILES string of the molecule is Cn1c(=O)n(C)c2cc(C(N)CC(C)(C)C)c(Br)cc21. The zero-order valence-electron chi connectivity index (χ0n) is 12.7. The molecule has 0 fully saturated rings. The Morgan fingerprint density at radius 3 is 2.20 bits per heavy atom. The molecule has 110 valence electrons. The van der Waals surface area contributed by atoms with Crippen LogP contribution in [0, 0.1) is 5.41 Å². The summed E-state index contributed by atoms with van der Waals surface area (Å²) >= 11 is 3.59. The Morgan fingerprint density at radius 1 is 1.20 bits per heavy atom. The number of aromatic nitrogens is 2. The van der Waals surface area contributed by atoms with Gasteiger partial charge in [0, 0.05) is 24.6 Å². The molecule has 1 atom stereocenters. The molecule has 0 radical (unpaired) electrons. The maximum atomic E-state index is 12.0. The molecule has 2 aromatic rings. The van der Waals surface area contributed by atoms with Crippen molar-refractivity contribution in [2.75, 3.05) is 0 Å². The van der Waals surface area contributed by atoms with Gasteiger partial charge in [-0.05, 0) is 29.5 Å². The molecule has 1 heterocycles. The van der Waals surface area contributed by atoms with E-state index in [1.54, 1.807) is 23.2 Å². The van der Waals surface area contributed by atoms with Gasteiger partial charge in [0.15, 0.2) is 0 Å². The van der Waals surface area contributed by atoms with E-state index in [-0.39, 0.29) is 17.1 Å². The summed E-state index contributed by atoms with van der Waals surface area (Å²) in [6.07, 6.45) is 0.887. The number of nitrogens with zero attached hydrogens (tertiary/aromatic N) is 2. The van der Waals surface area contributed by atoms with E-state index in [2.05, 4.69) is 36.7 Å². The van der Waals surface area contributed by atoms with Crippen LogP contribution in [-0.2, 0) is 14.1 Å².